The van der Waals surface area contributed by atoms with Crippen LogP contribution in [-0.4, -0.2) is 37.1 Å². The summed E-state index contributed by atoms with van der Waals surface area (Å²) in [7, 11) is 0. The molecule has 0 radical (unpaired) electrons. The number of hydrogen-bond donors (Lipinski definition) is 2. The number of hydrogen-bond acceptors (Lipinski definition) is 5. The molecule has 1 saturated heterocycles. The first-order chi connectivity index (χ1) is 14.7. The molecule has 3 aromatic rings. The number of para-hydroxylation sites is 2. The fraction of sp³-hybridized carbons (Fsp3) is 0.333. The van der Waals surface area contributed by atoms with Gasteiger partial charge in [-0.05, 0) is 42.7 Å². The third-order valence-electron chi connectivity index (χ3n) is 5.46. The number of anilines is 2. The molecule has 0 bridgehead atoms. The van der Waals surface area contributed by atoms with Gasteiger partial charge in [-0.25, -0.2) is 4.98 Å². The van der Waals surface area contributed by atoms with Crippen LogP contribution < -0.4 is 15.5 Å². The van der Waals surface area contributed by atoms with E-state index in [1.165, 1.54) is 22.5 Å². The van der Waals surface area contributed by atoms with Gasteiger partial charge in [-0.2, -0.15) is 0 Å². The zero-order chi connectivity index (χ0) is 20.9. The molecule has 30 heavy (non-hydrogen) atoms. The number of piperazine rings is 1. The number of thiazole rings is 1. The van der Waals surface area contributed by atoms with Gasteiger partial charge in [-0.1, -0.05) is 37.6 Å². The Labute approximate surface area is 182 Å². The van der Waals surface area contributed by atoms with Crippen molar-refractivity contribution in [1.82, 2.24) is 10.3 Å². The summed E-state index contributed by atoms with van der Waals surface area (Å²) in [5.41, 5.74) is 6.09. The van der Waals surface area contributed by atoms with Crippen LogP contribution >= 0.6 is 11.3 Å². The second kappa shape index (κ2) is 9.41. The van der Waals surface area contributed by atoms with Gasteiger partial charge in [0.1, 0.15) is 10.7 Å². The molecule has 1 aliphatic heterocycles. The lowest BCUT2D eigenvalue weighted by molar-refractivity contribution is 0.102. The monoisotopic (exact) mass is 420 g/mol. The molecule has 1 aromatic heterocycles. The molecule has 0 saturated carbocycles. The van der Waals surface area contributed by atoms with Gasteiger partial charge in [-0.15, -0.1) is 11.3 Å². The third kappa shape index (κ3) is 4.55. The van der Waals surface area contributed by atoms with Crippen LogP contribution in [0.1, 0.15) is 35.0 Å². The van der Waals surface area contributed by atoms with Crippen molar-refractivity contribution in [3.63, 3.8) is 0 Å². The second-order valence-electron chi connectivity index (χ2n) is 7.64. The number of aromatic nitrogens is 1. The van der Waals surface area contributed by atoms with E-state index < -0.39 is 0 Å². The Bertz CT molecular complexity index is 1020. The first-order valence-electron chi connectivity index (χ1n) is 10.6. The lowest BCUT2D eigenvalue weighted by Crippen LogP contribution is -2.43. The van der Waals surface area contributed by atoms with Gasteiger partial charge in [0, 0.05) is 37.1 Å². The molecule has 0 unspecified atom stereocenters. The van der Waals surface area contributed by atoms with Gasteiger partial charge >= 0.3 is 0 Å². The molecule has 1 aliphatic rings. The van der Waals surface area contributed by atoms with Crippen LogP contribution in [0.25, 0.3) is 10.6 Å². The van der Waals surface area contributed by atoms with E-state index in [4.69, 9.17) is 0 Å². The van der Waals surface area contributed by atoms with Crippen LogP contribution in [0.4, 0.5) is 11.4 Å². The summed E-state index contributed by atoms with van der Waals surface area (Å²) in [4.78, 5) is 19.9. The highest BCUT2D eigenvalue weighted by atomic mass is 32.1. The van der Waals surface area contributed by atoms with Gasteiger partial charge in [0.25, 0.3) is 5.91 Å². The Kier molecular flexibility index (Phi) is 6.45. The SMILES string of the molecule is CCCc1cc(-c2nc(C(=O)Nc3ccccc3N3CCNCC3)cs2)ccc1C. The Balaban J connectivity index is 1.52. The summed E-state index contributed by atoms with van der Waals surface area (Å²) < 4.78 is 0. The average Bonchev–Trinajstić information content (AvgIpc) is 3.27. The molecule has 6 heteroatoms. The number of nitrogens with one attached hydrogen (secondary N) is 2. The number of carbonyl (C=O) groups excluding carboxylic acids is 1. The lowest BCUT2D eigenvalue weighted by Gasteiger charge is -2.31. The maximum atomic E-state index is 12.9. The summed E-state index contributed by atoms with van der Waals surface area (Å²) in [6.07, 6.45) is 2.17. The van der Waals surface area contributed by atoms with Gasteiger partial charge < -0.3 is 15.5 Å². The predicted octanol–water partition coefficient (Wildman–Crippen LogP) is 4.73. The fourth-order valence-electron chi connectivity index (χ4n) is 3.80. The van der Waals surface area contributed by atoms with Crippen molar-refractivity contribution in [2.75, 3.05) is 36.4 Å². The van der Waals surface area contributed by atoms with Crippen molar-refractivity contribution in [3.05, 3.63) is 64.7 Å². The molecule has 4 rings (SSSR count). The standard InChI is InChI=1S/C24H28N4OS/c1-3-6-18-15-19(10-9-17(18)2)24-27-21(16-30-24)23(29)26-20-7-4-5-8-22(20)28-13-11-25-12-14-28/h4-5,7-10,15-16,25H,3,6,11-14H2,1-2H3,(H,26,29). The van der Waals surface area contributed by atoms with Crippen molar-refractivity contribution in [1.29, 1.82) is 0 Å². The normalized spacial score (nSPS) is 14.0. The predicted molar refractivity (Wildman–Crippen MR) is 126 cm³/mol. The molecule has 0 aliphatic carbocycles. The molecule has 2 N–H and O–H groups in total. The van der Waals surface area contributed by atoms with E-state index in [9.17, 15) is 4.79 Å². The molecule has 1 fully saturated rings. The van der Waals surface area contributed by atoms with Crippen molar-refractivity contribution < 1.29 is 4.79 Å². The minimum Gasteiger partial charge on any atom is -0.367 e. The van der Waals surface area contributed by atoms with E-state index in [0.717, 1.165) is 61.0 Å². The summed E-state index contributed by atoms with van der Waals surface area (Å²) in [5.74, 6) is -0.166. The zero-order valence-corrected chi connectivity index (χ0v) is 18.4. The Morgan fingerprint density at radius 2 is 2.00 bits per heavy atom. The number of benzene rings is 2. The number of carbonyl (C=O) groups is 1. The first kappa shape index (κ1) is 20.6. The summed E-state index contributed by atoms with van der Waals surface area (Å²) >= 11 is 1.52. The van der Waals surface area contributed by atoms with Crippen molar-refractivity contribution in [2.45, 2.75) is 26.7 Å². The van der Waals surface area contributed by atoms with Gasteiger partial charge in [0.2, 0.25) is 0 Å². The number of rotatable bonds is 6. The maximum absolute atomic E-state index is 12.9. The molecule has 0 spiro atoms. The van der Waals surface area contributed by atoms with Crippen molar-refractivity contribution in [2.24, 2.45) is 0 Å². The molecule has 5 nitrogen and oxygen atoms in total. The van der Waals surface area contributed by atoms with Crippen LogP contribution in [0.5, 0.6) is 0 Å². The molecule has 1 amide bonds. The van der Waals surface area contributed by atoms with E-state index in [0.29, 0.717) is 5.69 Å². The molecule has 0 atom stereocenters. The number of amides is 1. The van der Waals surface area contributed by atoms with Crippen LogP contribution in [0.3, 0.4) is 0 Å². The quantitative estimate of drug-likeness (QED) is 0.605. The third-order valence-corrected chi connectivity index (χ3v) is 6.35. The van der Waals surface area contributed by atoms with Crippen LogP contribution in [0.2, 0.25) is 0 Å². The fourth-order valence-corrected chi connectivity index (χ4v) is 4.60. The average molecular weight is 421 g/mol. The van der Waals surface area contributed by atoms with E-state index in [2.05, 4.69) is 58.6 Å². The smallest absolute Gasteiger partial charge is 0.275 e. The largest absolute Gasteiger partial charge is 0.367 e. The molecular weight excluding hydrogens is 392 g/mol. The van der Waals surface area contributed by atoms with E-state index in [1.807, 2.05) is 23.6 Å². The van der Waals surface area contributed by atoms with Gasteiger partial charge in [0.05, 0.1) is 11.4 Å². The minimum atomic E-state index is -0.166. The van der Waals surface area contributed by atoms with E-state index >= 15 is 0 Å². The second-order valence-corrected chi connectivity index (χ2v) is 8.50. The Morgan fingerprint density at radius 3 is 2.80 bits per heavy atom. The number of nitrogens with zero attached hydrogens (tertiary/aromatic N) is 2. The van der Waals surface area contributed by atoms with Crippen LogP contribution in [0, 0.1) is 6.92 Å². The summed E-state index contributed by atoms with van der Waals surface area (Å²) in [6, 6.07) is 14.4. The molecule has 2 heterocycles. The maximum Gasteiger partial charge on any atom is 0.275 e. The topological polar surface area (TPSA) is 57.3 Å². The highest BCUT2D eigenvalue weighted by Gasteiger charge is 2.17. The van der Waals surface area contributed by atoms with Crippen molar-refractivity contribution in [3.8, 4) is 10.6 Å². The summed E-state index contributed by atoms with van der Waals surface area (Å²) in [6.45, 7) is 8.10. The highest BCUT2D eigenvalue weighted by Crippen LogP contribution is 2.29. The van der Waals surface area contributed by atoms with Gasteiger partial charge in [0.15, 0.2) is 0 Å². The van der Waals surface area contributed by atoms with Crippen LogP contribution in [0.15, 0.2) is 47.8 Å². The Hall–Kier alpha value is -2.70. The molecule has 2 aromatic carbocycles. The van der Waals surface area contributed by atoms with Gasteiger partial charge in [-0.3, -0.25) is 4.79 Å². The first-order valence-corrected chi connectivity index (χ1v) is 11.4. The minimum absolute atomic E-state index is 0.166. The van der Waals surface area contributed by atoms with E-state index in [1.54, 1.807) is 0 Å². The Morgan fingerprint density at radius 1 is 1.20 bits per heavy atom. The van der Waals surface area contributed by atoms with Crippen molar-refractivity contribution >= 4 is 28.6 Å². The molecule has 156 valence electrons. The number of aryl methyl sites for hydroxylation is 2. The van der Waals surface area contributed by atoms with Crippen LogP contribution in [-0.2, 0) is 6.42 Å². The molecular formula is C24H28N4OS. The highest BCUT2D eigenvalue weighted by molar-refractivity contribution is 7.13. The summed E-state index contributed by atoms with van der Waals surface area (Å²) in [5, 5.41) is 9.17. The zero-order valence-electron chi connectivity index (χ0n) is 17.6. The van der Waals surface area contributed by atoms with E-state index in [-0.39, 0.29) is 5.91 Å². The lowest BCUT2D eigenvalue weighted by atomic mass is 10.0.